The Balaban J connectivity index is 1.63. The number of anilines is 3. The van der Waals surface area contributed by atoms with Gasteiger partial charge in [0.15, 0.2) is 11.5 Å². The number of nitrogen functional groups attached to an aromatic ring is 1. The van der Waals surface area contributed by atoms with E-state index >= 15 is 0 Å². The predicted octanol–water partition coefficient (Wildman–Crippen LogP) is 3.34. The molecule has 1 amide bonds. The van der Waals surface area contributed by atoms with Gasteiger partial charge in [0.25, 0.3) is 5.91 Å². The van der Waals surface area contributed by atoms with E-state index in [1.165, 1.54) is 0 Å². The molecule has 7 heteroatoms. The van der Waals surface area contributed by atoms with Crippen LogP contribution in [0.3, 0.4) is 0 Å². The van der Waals surface area contributed by atoms with Gasteiger partial charge in [-0.1, -0.05) is 24.3 Å². The minimum absolute atomic E-state index is 0.0988. The molecule has 1 aromatic heterocycles. The number of nitrogens with one attached hydrogen (secondary N) is 1. The van der Waals surface area contributed by atoms with E-state index in [1.807, 2.05) is 48.5 Å². The second kappa shape index (κ2) is 7.09. The van der Waals surface area contributed by atoms with Crippen LogP contribution in [0.1, 0.15) is 23.3 Å². The van der Waals surface area contributed by atoms with E-state index in [1.54, 1.807) is 6.20 Å². The standard InChI is InChI=1S/C22H21N5O2/c23-21-20-22(28)26-17-6-1-2-7-19(17)27-10-8-15(9-11-27)29-16-5-3-4-14(12-16)18(25-20)13-24-21/h1-7,12-13,15H,8-11H2,(H2,23,24)(H,26,28). The number of hydrogen-bond acceptors (Lipinski definition) is 6. The zero-order chi connectivity index (χ0) is 19.8. The first-order chi connectivity index (χ1) is 14.2. The van der Waals surface area contributed by atoms with Crippen molar-refractivity contribution in [3.05, 3.63) is 60.4 Å². The Morgan fingerprint density at radius 1 is 1.10 bits per heavy atom. The summed E-state index contributed by atoms with van der Waals surface area (Å²) in [6.45, 7) is 1.71. The summed E-state index contributed by atoms with van der Waals surface area (Å²) in [5.41, 5.74) is 9.21. The van der Waals surface area contributed by atoms with Gasteiger partial charge in [-0.25, -0.2) is 9.97 Å². The van der Waals surface area contributed by atoms with E-state index in [4.69, 9.17) is 10.5 Å². The summed E-state index contributed by atoms with van der Waals surface area (Å²) in [5.74, 6) is 0.518. The number of fused-ring (bicyclic) bond motifs is 3. The smallest absolute Gasteiger partial charge is 0.278 e. The highest BCUT2D eigenvalue weighted by Gasteiger charge is 2.24. The molecule has 6 bridgehead atoms. The molecule has 2 aromatic carbocycles. The first kappa shape index (κ1) is 17.5. The van der Waals surface area contributed by atoms with Gasteiger partial charge in [-0.15, -0.1) is 0 Å². The summed E-state index contributed by atoms with van der Waals surface area (Å²) in [5, 5.41) is 2.97. The fraction of sp³-hybridized carbons (Fsp3) is 0.227. The molecule has 1 fully saturated rings. The number of carbonyl (C=O) groups excluding carboxylic acids is 1. The van der Waals surface area contributed by atoms with Gasteiger partial charge in [-0.05, 0) is 24.3 Å². The number of amides is 1. The third kappa shape index (κ3) is 3.35. The van der Waals surface area contributed by atoms with E-state index in [2.05, 4.69) is 20.2 Å². The van der Waals surface area contributed by atoms with Crippen molar-refractivity contribution in [3.63, 3.8) is 0 Å². The average molecular weight is 387 g/mol. The van der Waals surface area contributed by atoms with E-state index < -0.39 is 0 Å². The van der Waals surface area contributed by atoms with Crippen molar-refractivity contribution in [2.24, 2.45) is 0 Å². The number of carbonyl (C=O) groups is 1. The van der Waals surface area contributed by atoms with Crippen LogP contribution in [0, 0.1) is 0 Å². The van der Waals surface area contributed by atoms with E-state index in [0.717, 1.165) is 48.6 Å². The summed E-state index contributed by atoms with van der Waals surface area (Å²) in [6, 6.07) is 15.5. The van der Waals surface area contributed by atoms with Crippen molar-refractivity contribution in [2.75, 3.05) is 29.0 Å². The molecule has 0 aliphatic carbocycles. The Bertz CT molecular complexity index is 1080. The maximum atomic E-state index is 13.0. The number of benzene rings is 2. The van der Waals surface area contributed by atoms with Gasteiger partial charge in [0, 0.05) is 31.5 Å². The topological polar surface area (TPSA) is 93.4 Å². The SMILES string of the molecule is Nc1ncc2nc1C(=O)Nc1ccccc1N1CCC(CC1)Oc1cccc-2c1. The first-order valence-corrected chi connectivity index (χ1v) is 9.72. The molecule has 1 saturated heterocycles. The van der Waals surface area contributed by atoms with Crippen LogP contribution in [-0.4, -0.2) is 35.1 Å². The van der Waals surface area contributed by atoms with Gasteiger partial charge in [0.05, 0.1) is 23.3 Å². The average Bonchev–Trinajstić information content (AvgIpc) is 2.75. The zero-order valence-electron chi connectivity index (χ0n) is 15.8. The molecule has 0 spiro atoms. The van der Waals surface area contributed by atoms with Gasteiger partial charge in [0.2, 0.25) is 0 Å². The summed E-state index contributed by atoms with van der Waals surface area (Å²) < 4.78 is 6.24. The summed E-state index contributed by atoms with van der Waals surface area (Å²) >= 11 is 0. The molecule has 3 aliphatic heterocycles. The summed E-state index contributed by atoms with van der Waals surface area (Å²) in [6.07, 6.45) is 3.55. The van der Waals surface area contributed by atoms with Crippen LogP contribution < -0.4 is 20.7 Å². The lowest BCUT2D eigenvalue weighted by atomic mass is 10.1. The quantitative estimate of drug-likeness (QED) is 0.615. The van der Waals surface area contributed by atoms with Crippen LogP contribution in [0.25, 0.3) is 11.3 Å². The number of rotatable bonds is 0. The molecule has 0 saturated carbocycles. The number of ether oxygens (including phenoxy) is 1. The van der Waals surface area contributed by atoms with Crippen LogP contribution in [0.2, 0.25) is 0 Å². The highest BCUT2D eigenvalue weighted by molar-refractivity contribution is 6.07. The largest absolute Gasteiger partial charge is 0.490 e. The van der Waals surface area contributed by atoms with Crippen molar-refractivity contribution in [3.8, 4) is 17.0 Å². The predicted molar refractivity (Wildman–Crippen MR) is 112 cm³/mol. The second-order valence-electron chi connectivity index (χ2n) is 7.29. The minimum atomic E-state index is -0.374. The zero-order valence-corrected chi connectivity index (χ0v) is 15.8. The van der Waals surface area contributed by atoms with Crippen molar-refractivity contribution < 1.29 is 9.53 Å². The van der Waals surface area contributed by atoms with Crippen LogP contribution >= 0.6 is 0 Å². The molecule has 4 heterocycles. The lowest BCUT2D eigenvalue weighted by molar-refractivity contribution is 0.102. The molecule has 3 aliphatic rings. The van der Waals surface area contributed by atoms with Crippen LogP contribution in [0.15, 0.2) is 54.7 Å². The molecule has 3 aromatic rings. The molecular formula is C22H21N5O2. The lowest BCUT2D eigenvalue weighted by Gasteiger charge is -2.34. The molecule has 7 nitrogen and oxygen atoms in total. The Kier molecular flexibility index (Phi) is 4.27. The normalized spacial score (nSPS) is 16.3. The maximum absolute atomic E-state index is 13.0. The molecule has 146 valence electrons. The molecule has 3 N–H and O–H groups in total. The fourth-order valence-electron chi connectivity index (χ4n) is 3.88. The van der Waals surface area contributed by atoms with Gasteiger partial charge in [0.1, 0.15) is 11.9 Å². The van der Waals surface area contributed by atoms with Crippen molar-refractivity contribution in [2.45, 2.75) is 18.9 Å². The molecule has 0 unspecified atom stereocenters. The Hall–Kier alpha value is -3.61. The molecule has 29 heavy (non-hydrogen) atoms. The number of para-hydroxylation sites is 2. The highest BCUT2D eigenvalue weighted by Crippen LogP contribution is 2.31. The Labute approximate surface area is 168 Å². The number of hydrogen-bond donors (Lipinski definition) is 2. The highest BCUT2D eigenvalue weighted by atomic mass is 16.5. The van der Waals surface area contributed by atoms with Crippen LogP contribution in [0.5, 0.6) is 5.75 Å². The van der Waals surface area contributed by atoms with E-state index in [-0.39, 0.29) is 23.5 Å². The van der Waals surface area contributed by atoms with Crippen LogP contribution in [-0.2, 0) is 0 Å². The molecule has 0 atom stereocenters. The van der Waals surface area contributed by atoms with Gasteiger partial charge in [-0.2, -0.15) is 0 Å². The molecule has 6 rings (SSSR count). The third-order valence-electron chi connectivity index (χ3n) is 5.38. The lowest BCUT2D eigenvalue weighted by Crippen LogP contribution is -2.38. The monoisotopic (exact) mass is 387 g/mol. The van der Waals surface area contributed by atoms with E-state index in [9.17, 15) is 4.79 Å². The minimum Gasteiger partial charge on any atom is -0.490 e. The van der Waals surface area contributed by atoms with Gasteiger partial charge >= 0.3 is 0 Å². The number of nitrogens with zero attached hydrogens (tertiary/aromatic N) is 3. The Morgan fingerprint density at radius 3 is 2.79 bits per heavy atom. The maximum Gasteiger partial charge on any atom is 0.278 e. The van der Waals surface area contributed by atoms with Crippen molar-refractivity contribution >= 4 is 23.1 Å². The second-order valence-corrected chi connectivity index (χ2v) is 7.29. The third-order valence-corrected chi connectivity index (χ3v) is 5.38. The summed E-state index contributed by atoms with van der Waals surface area (Å²) in [4.78, 5) is 24.0. The summed E-state index contributed by atoms with van der Waals surface area (Å²) in [7, 11) is 0. The number of nitrogens with two attached hydrogens (primary N) is 1. The fourth-order valence-corrected chi connectivity index (χ4v) is 3.88. The molecular weight excluding hydrogens is 366 g/mol. The Morgan fingerprint density at radius 2 is 1.93 bits per heavy atom. The van der Waals surface area contributed by atoms with Gasteiger partial charge in [-0.3, -0.25) is 4.79 Å². The van der Waals surface area contributed by atoms with E-state index in [0.29, 0.717) is 5.69 Å². The van der Waals surface area contributed by atoms with Crippen molar-refractivity contribution in [1.29, 1.82) is 0 Å². The first-order valence-electron chi connectivity index (χ1n) is 9.72. The molecule has 0 radical (unpaired) electrons. The van der Waals surface area contributed by atoms with Gasteiger partial charge < -0.3 is 20.7 Å². The van der Waals surface area contributed by atoms with Crippen LogP contribution in [0.4, 0.5) is 17.2 Å². The number of piperidine rings is 1. The van der Waals surface area contributed by atoms with Crippen molar-refractivity contribution in [1.82, 2.24) is 9.97 Å². The number of aromatic nitrogens is 2.